The third-order valence-corrected chi connectivity index (χ3v) is 7.12. The highest BCUT2D eigenvalue weighted by molar-refractivity contribution is 6.01. The number of amides is 3. The van der Waals surface area contributed by atoms with Crippen molar-refractivity contribution in [3.05, 3.63) is 53.1 Å². The lowest BCUT2D eigenvalue weighted by molar-refractivity contribution is -0.139. The molecule has 206 valence electrons. The van der Waals surface area contributed by atoms with Gasteiger partial charge in [0.2, 0.25) is 17.7 Å². The van der Waals surface area contributed by atoms with Crippen molar-refractivity contribution in [1.29, 1.82) is 0 Å². The Morgan fingerprint density at radius 1 is 1.00 bits per heavy atom. The van der Waals surface area contributed by atoms with Crippen LogP contribution in [-0.4, -0.2) is 36.8 Å². The van der Waals surface area contributed by atoms with Gasteiger partial charge in [-0.3, -0.25) is 19.3 Å². The van der Waals surface area contributed by atoms with Crippen LogP contribution in [0.5, 0.6) is 11.5 Å². The quantitative estimate of drug-likeness (QED) is 0.260. The molecule has 7 heteroatoms. The summed E-state index contributed by atoms with van der Waals surface area (Å²) in [4.78, 5) is 39.2. The van der Waals surface area contributed by atoms with Crippen LogP contribution in [0.2, 0.25) is 0 Å². The predicted octanol–water partition coefficient (Wildman–Crippen LogP) is 6.34. The third kappa shape index (κ3) is 7.15. The van der Waals surface area contributed by atoms with Crippen molar-refractivity contribution in [2.75, 3.05) is 19.5 Å². The molecule has 1 aliphatic heterocycles. The second-order valence-electron chi connectivity index (χ2n) is 11.0. The Morgan fingerprint density at radius 2 is 1.63 bits per heavy atom. The highest BCUT2D eigenvalue weighted by Crippen LogP contribution is 2.40. The predicted molar refractivity (Wildman–Crippen MR) is 150 cm³/mol. The topological polar surface area (TPSA) is 84.9 Å². The SMILES string of the molecule is CCCCCC(CC(=O)Nc1cc(CN2C(=O)CCC2=O)ccc1C(C)(C)C)c1c(OC)cccc1OC. The van der Waals surface area contributed by atoms with E-state index in [1.807, 2.05) is 36.4 Å². The van der Waals surface area contributed by atoms with Gasteiger partial charge < -0.3 is 14.8 Å². The lowest BCUT2D eigenvalue weighted by atomic mass is 9.84. The van der Waals surface area contributed by atoms with Crippen molar-refractivity contribution in [3.8, 4) is 11.5 Å². The molecule has 1 atom stereocenters. The summed E-state index contributed by atoms with van der Waals surface area (Å²) in [7, 11) is 3.27. The van der Waals surface area contributed by atoms with E-state index in [4.69, 9.17) is 9.47 Å². The third-order valence-electron chi connectivity index (χ3n) is 7.12. The molecule has 0 spiro atoms. The maximum atomic E-state index is 13.6. The van der Waals surface area contributed by atoms with Gasteiger partial charge in [0.25, 0.3) is 0 Å². The molecule has 1 unspecified atom stereocenters. The van der Waals surface area contributed by atoms with Crippen molar-refractivity contribution in [2.45, 2.75) is 90.5 Å². The fraction of sp³-hybridized carbons (Fsp3) is 0.516. The molecule has 0 aliphatic carbocycles. The molecule has 1 aliphatic rings. The van der Waals surface area contributed by atoms with Crippen LogP contribution in [-0.2, 0) is 26.3 Å². The Labute approximate surface area is 226 Å². The minimum atomic E-state index is -0.215. The summed E-state index contributed by atoms with van der Waals surface area (Å²) in [5.41, 5.74) is 3.21. The molecule has 2 aromatic rings. The number of methoxy groups -OCH3 is 2. The first kappa shape index (κ1) is 29.2. The monoisotopic (exact) mass is 522 g/mol. The van der Waals surface area contributed by atoms with Gasteiger partial charge >= 0.3 is 0 Å². The normalized spacial score (nSPS) is 14.5. The van der Waals surface area contributed by atoms with E-state index >= 15 is 0 Å². The summed E-state index contributed by atoms with van der Waals surface area (Å²) >= 11 is 0. The van der Waals surface area contributed by atoms with E-state index in [9.17, 15) is 14.4 Å². The van der Waals surface area contributed by atoms with Crippen LogP contribution in [0.1, 0.15) is 95.2 Å². The Balaban J connectivity index is 1.89. The van der Waals surface area contributed by atoms with Gasteiger partial charge in [-0.05, 0) is 47.1 Å². The van der Waals surface area contributed by atoms with Gasteiger partial charge in [-0.25, -0.2) is 0 Å². The van der Waals surface area contributed by atoms with Crippen molar-refractivity contribution in [1.82, 2.24) is 4.90 Å². The van der Waals surface area contributed by atoms with Gasteiger partial charge in [-0.15, -0.1) is 0 Å². The van der Waals surface area contributed by atoms with Gasteiger partial charge in [0.05, 0.1) is 20.8 Å². The Morgan fingerprint density at radius 3 is 2.18 bits per heavy atom. The summed E-state index contributed by atoms with van der Waals surface area (Å²) < 4.78 is 11.3. The molecule has 0 saturated carbocycles. The molecule has 0 aromatic heterocycles. The molecule has 1 fully saturated rings. The number of benzene rings is 2. The molecular weight excluding hydrogens is 480 g/mol. The number of nitrogens with zero attached hydrogens (tertiary/aromatic N) is 1. The average molecular weight is 523 g/mol. The number of carbonyl (C=O) groups is 3. The molecule has 2 aromatic carbocycles. The molecule has 1 N–H and O–H groups in total. The number of anilines is 1. The molecule has 0 bridgehead atoms. The van der Waals surface area contributed by atoms with Gasteiger partial charge in [0.15, 0.2) is 0 Å². The fourth-order valence-electron chi connectivity index (χ4n) is 5.13. The fourth-order valence-corrected chi connectivity index (χ4v) is 5.13. The molecule has 3 rings (SSSR count). The number of hydrogen-bond donors (Lipinski definition) is 1. The van der Waals surface area contributed by atoms with Crippen molar-refractivity contribution in [3.63, 3.8) is 0 Å². The average Bonchev–Trinajstić information content (AvgIpc) is 3.19. The second-order valence-corrected chi connectivity index (χ2v) is 11.0. The van der Waals surface area contributed by atoms with E-state index in [0.29, 0.717) is 5.69 Å². The molecule has 7 nitrogen and oxygen atoms in total. The first-order valence-corrected chi connectivity index (χ1v) is 13.6. The van der Waals surface area contributed by atoms with Crippen molar-refractivity contribution in [2.24, 2.45) is 0 Å². The smallest absolute Gasteiger partial charge is 0.229 e. The van der Waals surface area contributed by atoms with Gasteiger partial charge in [-0.1, -0.05) is 65.2 Å². The summed E-state index contributed by atoms with van der Waals surface area (Å²) in [6, 6.07) is 11.5. The van der Waals surface area contributed by atoms with Crippen LogP contribution in [0.4, 0.5) is 5.69 Å². The van der Waals surface area contributed by atoms with Gasteiger partial charge in [-0.2, -0.15) is 0 Å². The van der Waals surface area contributed by atoms with E-state index in [2.05, 4.69) is 33.0 Å². The molecular formula is C31H42N2O5. The lowest BCUT2D eigenvalue weighted by Gasteiger charge is -2.26. The largest absolute Gasteiger partial charge is 0.496 e. The van der Waals surface area contributed by atoms with Crippen molar-refractivity contribution < 1.29 is 23.9 Å². The summed E-state index contributed by atoms with van der Waals surface area (Å²) in [5.74, 6) is 0.957. The lowest BCUT2D eigenvalue weighted by Crippen LogP contribution is -2.28. The van der Waals surface area contributed by atoms with Crippen LogP contribution in [0.3, 0.4) is 0 Å². The molecule has 38 heavy (non-hydrogen) atoms. The minimum Gasteiger partial charge on any atom is -0.496 e. The number of likely N-dealkylation sites (tertiary alicyclic amines) is 1. The Bertz CT molecular complexity index is 1110. The van der Waals surface area contributed by atoms with E-state index in [1.165, 1.54) is 4.90 Å². The first-order chi connectivity index (χ1) is 18.1. The van der Waals surface area contributed by atoms with Gasteiger partial charge in [0.1, 0.15) is 11.5 Å². The Hall–Kier alpha value is -3.35. The number of nitrogens with one attached hydrogen (secondary N) is 1. The molecule has 1 heterocycles. The van der Waals surface area contributed by atoms with E-state index < -0.39 is 0 Å². The molecule has 3 amide bonds. The number of unbranched alkanes of at least 4 members (excludes halogenated alkanes) is 2. The zero-order valence-corrected chi connectivity index (χ0v) is 23.7. The minimum absolute atomic E-state index is 0.0752. The number of hydrogen-bond acceptors (Lipinski definition) is 5. The summed E-state index contributed by atoms with van der Waals surface area (Å²) in [6.07, 6.45) is 4.80. The van der Waals surface area contributed by atoms with Crippen LogP contribution in [0, 0.1) is 0 Å². The second kappa shape index (κ2) is 12.9. The first-order valence-electron chi connectivity index (χ1n) is 13.6. The number of ether oxygens (including phenoxy) is 2. The number of carbonyl (C=O) groups excluding carboxylic acids is 3. The van der Waals surface area contributed by atoms with E-state index in [0.717, 1.165) is 53.9 Å². The van der Waals surface area contributed by atoms with Crippen LogP contribution in [0.25, 0.3) is 0 Å². The maximum Gasteiger partial charge on any atom is 0.229 e. The summed E-state index contributed by atoms with van der Waals surface area (Å²) in [6.45, 7) is 8.66. The van der Waals surface area contributed by atoms with Crippen LogP contribution >= 0.6 is 0 Å². The summed E-state index contributed by atoms with van der Waals surface area (Å²) in [5, 5.41) is 3.16. The highest BCUT2D eigenvalue weighted by atomic mass is 16.5. The standard InChI is InChI=1S/C31H42N2O5/c1-7-8-9-11-22(30-25(37-5)12-10-13-26(30)38-6)19-27(34)32-24-18-21(14-15-23(24)31(2,3)4)20-33-28(35)16-17-29(33)36/h10,12-15,18,22H,7-9,11,16-17,19-20H2,1-6H3,(H,32,34). The number of imide groups is 1. The number of rotatable bonds is 12. The molecule has 0 radical (unpaired) electrons. The maximum absolute atomic E-state index is 13.6. The Kier molecular flexibility index (Phi) is 9.95. The van der Waals surface area contributed by atoms with Gasteiger partial charge in [0, 0.05) is 30.5 Å². The highest BCUT2D eigenvalue weighted by Gasteiger charge is 2.30. The van der Waals surface area contributed by atoms with Crippen LogP contribution < -0.4 is 14.8 Å². The molecule has 1 saturated heterocycles. The zero-order chi connectivity index (χ0) is 27.9. The van der Waals surface area contributed by atoms with E-state index in [1.54, 1.807) is 14.2 Å². The van der Waals surface area contributed by atoms with Crippen molar-refractivity contribution >= 4 is 23.4 Å². The van der Waals surface area contributed by atoms with Crippen LogP contribution in [0.15, 0.2) is 36.4 Å². The zero-order valence-electron chi connectivity index (χ0n) is 23.7. The van der Waals surface area contributed by atoms with E-state index in [-0.39, 0.29) is 54.9 Å².